The first kappa shape index (κ1) is 33.2. The number of fused-ring (bicyclic) bond motifs is 7. The molecular formula is C40H56O6. The molecule has 0 saturated heterocycles. The fraction of sp³-hybridized carbons (Fsp3) is 0.700. The highest BCUT2D eigenvalue weighted by atomic mass is 16.5. The second-order valence-electron chi connectivity index (χ2n) is 17.2. The lowest BCUT2D eigenvalue weighted by Gasteiger charge is -2.71. The molecule has 5 aliphatic carbocycles. The van der Waals surface area contributed by atoms with Crippen molar-refractivity contribution >= 4 is 18.0 Å². The van der Waals surface area contributed by atoms with E-state index in [4.69, 9.17) is 9.47 Å². The number of rotatable bonds is 5. The highest BCUT2D eigenvalue weighted by Crippen LogP contribution is 2.75. The minimum absolute atomic E-state index is 0.00596. The zero-order valence-corrected chi connectivity index (χ0v) is 29.3. The SMILES string of the molecule is COc1cc(/C=C/C(=O)O[C@H]2CC[C@]3(C)[C@H]4CC=C5[C@H]6[C@@H](C)[C@H](C)CC[C@]6(C(=O)O)CC[C@@]5(C)[C@]4(C)CC[C@H]3C2(C)C)ccc1O. The van der Waals surface area contributed by atoms with Gasteiger partial charge in [-0.05, 0) is 127 Å². The summed E-state index contributed by atoms with van der Waals surface area (Å²) in [6.07, 6.45) is 14.2. The number of hydrogen-bond acceptors (Lipinski definition) is 5. The highest BCUT2D eigenvalue weighted by Gasteiger charge is 2.69. The Hall–Kier alpha value is -2.76. The number of ether oxygens (including phenoxy) is 2. The van der Waals surface area contributed by atoms with Crippen LogP contribution < -0.4 is 4.74 Å². The van der Waals surface area contributed by atoms with Crippen molar-refractivity contribution < 1.29 is 29.3 Å². The van der Waals surface area contributed by atoms with Gasteiger partial charge < -0.3 is 19.7 Å². The van der Waals surface area contributed by atoms with Crippen LogP contribution in [0.15, 0.2) is 35.9 Å². The number of hydrogen-bond donors (Lipinski definition) is 2. The molecule has 0 spiro atoms. The number of carboxylic acids is 1. The first-order valence-electron chi connectivity index (χ1n) is 17.7. The van der Waals surface area contributed by atoms with E-state index >= 15 is 0 Å². The molecule has 1 aromatic carbocycles. The number of carbonyl (C=O) groups excluding carboxylic acids is 1. The molecule has 252 valence electrons. The van der Waals surface area contributed by atoms with Crippen LogP contribution in [0.25, 0.3) is 6.08 Å². The number of phenols is 1. The molecule has 6 nitrogen and oxygen atoms in total. The zero-order chi connectivity index (χ0) is 33.4. The van der Waals surface area contributed by atoms with Gasteiger partial charge in [-0.15, -0.1) is 0 Å². The smallest absolute Gasteiger partial charge is 0.331 e. The molecule has 0 heterocycles. The monoisotopic (exact) mass is 632 g/mol. The van der Waals surface area contributed by atoms with Crippen LogP contribution in [0.1, 0.15) is 112 Å². The summed E-state index contributed by atoms with van der Waals surface area (Å²) in [5.41, 5.74) is 1.63. The maximum atomic E-state index is 13.1. The molecule has 0 bridgehead atoms. The number of esters is 1. The van der Waals surface area contributed by atoms with Gasteiger partial charge in [-0.1, -0.05) is 66.2 Å². The summed E-state index contributed by atoms with van der Waals surface area (Å²) < 4.78 is 11.4. The van der Waals surface area contributed by atoms with Crippen LogP contribution in [0.5, 0.6) is 11.5 Å². The Morgan fingerprint density at radius 2 is 1.67 bits per heavy atom. The summed E-state index contributed by atoms with van der Waals surface area (Å²) in [6.45, 7) is 16.9. The van der Waals surface area contributed by atoms with Gasteiger partial charge in [0.05, 0.1) is 12.5 Å². The summed E-state index contributed by atoms with van der Waals surface area (Å²) in [6, 6.07) is 4.99. The van der Waals surface area contributed by atoms with Crippen LogP contribution in [0.2, 0.25) is 0 Å². The molecule has 2 N–H and O–H groups in total. The van der Waals surface area contributed by atoms with Gasteiger partial charge in [-0.2, -0.15) is 0 Å². The molecule has 0 aliphatic heterocycles. The van der Waals surface area contributed by atoms with E-state index in [1.807, 2.05) is 0 Å². The van der Waals surface area contributed by atoms with Gasteiger partial charge in [0.25, 0.3) is 0 Å². The molecule has 0 radical (unpaired) electrons. The number of aromatic hydroxyl groups is 1. The van der Waals surface area contributed by atoms with Crippen LogP contribution in [0, 0.1) is 56.7 Å². The predicted molar refractivity (Wildman–Crippen MR) is 180 cm³/mol. The van der Waals surface area contributed by atoms with E-state index in [1.165, 1.54) is 18.8 Å². The first-order chi connectivity index (χ1) is 21.5. The number of phenolic OH excluding ortho intramolecular Hbond substituents is 1. The van der Waals surface area contributed by atoms with Gasteiger partial charge in [0.2, 0.25) is 0 Å². The van der Waals surface area contributed by atoms with Gasteiger partial charge in [-0.3, -0.25) is 4.79 Å². The van der Waals surface area contributed by atoms with Crippen LogP contribution in [-0.4, -0.2) is 35.4 Å². The van der Waals surface area contributed by atoms with Crippen LogP contribution >= 0.6 is 0 Å². The zero-order valence-electron chi connectivity index (χ0n) is 29.3. The van der Waals surface area contributed by atoms with Crippen LogP contribution in [0.3, 0.4) is 0 Å². The third-order valence-electron chi connectivity index (χ3n) is 15.2. The second kappa shape index (κ2) is 11.2. The lowest BCUT2D eigenvalue weighted by molar-refractivity contribution is -0.213. The molecule has 5 aliphatic rings. The predicted octanol–water partition coefficient (Wildman–Crippen LogP) is 9.07. The Morgan fingerprint density at radius 1 is 0.935 bits per heavy atom. The molecule has 4 saturated carbocycles. The van der Waals surface area contributed by atoms with E-state index < -0.39 is 11.4 Å². The highest BCUT2D eigenvalue weighted by molar-refractivity contribution is 5.87. The Kier molecular flexibility index (Phi) is 8.04. The molecule has 0 aromatic heterocycles. The van der Waals surface area contributed by atoms with Gasteiger partial charge in [0.15, 0.2) is 11.5 Å². The van der Waals surface area contributed by atoms with E-state index in [1.54, 1.807) is 24.3 Å². The quantitative estimate of drug-likeness (QED) is 0.191. The maximum Gasteiger partial charge on any atom is 0.331 e. The summed E-state index contributed by atoms with van der Waals surface area (Å²) in [7, 11) is 1.50. The van der Waals surface area contributed by atoms with E-state index in [0.29, 0.717) is 29.4 Å². The van der Waals surface area contributed by atoms with Crippen molar-refractivity contribution in [3.05, 3.63) is 41.5 Å². The number of aliphatic carboxylic acids is 1. The number of benzene rings is 1. The fourth-order valence-corrected chi connectivity index (χ4v) is 12.2. The average molecular weight is 633 g/mol. The van der Waals surface area contributed by atoms with E-state index in [-0.39, 0.29) is 45.4 Å². The number of allylic oxidation sites excluding steroid dienone is 2. The maximum absolute atomic E-state index is 13.1. The summed E-state index contributed by atoms with van der Waals surface area (Å²) in [5, 5.41) is 20.6. The van der Waals surface area contributed by atoms with Crippen LogP contribution in [0.4, 0.5) is 0 Å². The Bertz CT molecular complexity index is 1460. The normalized spacial score (nSPS) is 42.9. The fourth-order valence-electron chi connectivity index (χ4n) is 12.2. The third-order valence-corrected chi connectivity index (χ3v) is 15.2. The average Bonchev–Trinajstić information content (AvgIpc) is 3.00. The minimum Gasteiger partial charge on any atom is -0.504 e. The van der Waals surface area contributed by atoms with Crippen molar-refractivity contribution in [1.82, 2.24) is 0 Å². The van der Waals surface area contributed by atoms with Crippen molar-refractivity contribution in [1.29, 1.82) is 0 Å². The Morgan fingerprint density at radius 3 is 2.37 bits per heavy atom. The molecule has 4 fully saturated rings. The summed E-state index contributed by atoms with van der Waals surface area (Å²) >= 11 is 0. The Balaban J connectivity index is 1.25. The van der Waals surface area contributed by atoms with E-state index in [2.05, 4.69) is 54.5 Å². The molecule has 46 heavy (non-hydrogen) atoms. The molecular weight excluding hydrogens is 576 g/mol. The standard InChI is InChI=1S/C40H56O6/c1-24-15-20-40(35(43)44)22-21-38(6)27(34(40)25(24)2)11-13-31-37(5)18-17-32(36(3,4)30(37)16-19-39(31,38)7)46-33(42)14-10-26-9-12-28(41)29(23-26)45-8/h9-12,14,23-25,30-32,34,41H,13,15-22H2,1-8H3,(H,43,44)/b14-10+/t24-,25+,30+,31-,32+,34-,37+,38-,39-,40+/m1/s1. The topological polar surface area (TPSA) is 93.1 Å². The lowest BCUT2D eigenvalue weighted by Crippen LogP contribution is -2.65. The largest absolute Gasteiger partial charge is 0.504 e. The minimum atomic E-state index is -0.617. The third kappa shape index (κ3) is 4.62. The Labute approximate surface area is 276 Å². The van der Waals surface area contributed by atoms with Gasteiger partial charge in [-0.25, -0.2) is 4.79 Å². The van der Waals surface area contributed by atoms with Gasteiger partial charge >= 0.3 is 11.9 Å². The van der Waals surface area contributed by atoms with Crippen molar-refractivity contribution in [2.45, 2.75) is 112 Å². The number of carboxylic acid groups (broad SMARTS) is 1. The van der Waals surface area contributed by atoms with Gasteiger partial charge in [0, 0.05) is 11.5 Å². The molecule has 6 rings (SSSR count). The van der Waals surface area contributed by atoms with Crippen molar-refractivity contribution in [2.24, 2.45) is 56.7 Å². The van der Waals surface area contributed by atoms with Crippen molar-refractivity contribution in [3.63, 3.8) is 0 Å². The summed E-state index contributed by atoms with van der Waals surface area (Å²) in [5.74, 6) is 1.47. The molecule has 1 aromatic rings. The van der Waals surface area contributed by atoms with E-state index in [9.17, 15) is 19.8 Å². The molecule has 6 heteroatoms. The lowest BCUT2D eigenvalue weighted by atomic mass is 9.33. The molecule has 0 amide bonds. The molecule has 0 unspecified atom stereocenters. The van der Waals surface area contributed by atoms with E-state index in [0.717, 1.165) is 63.4 Å². The van der Waals surface area contributed by atoms with Crippen molar-refractivity contribution in [2.75, 3.05) is 7.11 Å². The number of carbonyl (C=O) groups is 2. The molecule has 10 atom stereocenters. The second-order valence-corrected chi connectivity index (χ2v) is 17.2. The van der Waals surface area contributed by atoms with Crippen LogP contribution in [-0.2, 0) is 14.3 Å². The summed E-state index contributed by atoms with van der Waals surface area (Å²) in [4.78, 5) is 26.1. The van der Waals surface area contributed by atoms with Gasteiger partial charge in [0.1, 0.15) is 6.10 Å². The number of methoxy groups -OCH3 is 1. The first-order valence-corrected chi connectivity index (χ1v) is 17.7. The van der Waals surface area contributed by atoms with Crippen molar-refractivity contribution in [3.8, 4) is 11.5 Å².